The van der Waals surface area contributed by atoms with E-state index in [9.17, 15) is 14.3 Å². The summed E-state index contributed by atoms with van der Waals surface area (Å²) in [4.78, 5) is 17.5. The number of β-amino-alcohol motifs (C(OH)–C–C–N with tert-alkyl or cyclic N) is 1. The van der Waals surface area contributed by atoms with Crippen LogP contribution in [0.1, 0.15) is 11.3 Å². The number of carbonyl (C=O) groups is 1. The number of carbonyl (C=O) groups excluding carboxylic acids is 1. The highest BCUT2D eigenvalue weighted by Gasteiger charge is 2.28. The molecular formula is C15H16FN3O2S. The molecule has 3 N–H and O–H groups in total. The third-order valence-corrected chi connectivity index (χ3v) is 4.45. The summed E-state index contributed by atoms with van der Waals surface area (Å²) in [6.07, 6.45) is -0.0790. The lowest BCUT2D eigenvalue weighted by Gasteiger charge is -2.08. The molecule has 1 aromatic heterocycles. The Morgan fingerprint density at radius 1 is 1.45 bits per heavy atom. The van der Waals surface area contributed by atoms with Gasteiger partial charge in [0.25, 0.3) is 0 Å². The lowest BCUT2D eigenvalue weighted by atomic mass is 10.1. The van der Waals surface area contributed by atoms with Crippen LogP contribution >= 0.6 is 11.3 Å². The molecule has 2 heterocycles. The van der Waals surface area contributed by atoms with Crippen LogP contribution in [-0.4, -0.2) is 34.7 Å². The number of aryl methyl sites for hydroxylation is 1. The molecule has 22 heavy (non-hydrogen) atoms. The minimum atomic E-state index is -0.483. The van der Waals surface area contributed by atoms with Crippen molar-refractivity contribution in [1.29, 1.82) is 0 Å². The smallest absolute Gasteiger partial charge is 0.243 e. The first-order valence-corrected chi connectivity index (χ1v) is 7.80. The fourth-order valence-corrected chi connectivity index (χ4v) is 3.27. The zero-order chi connectivity index (χ0) is 15.7. The number of nitrogens with one attached hydrogen (secondary N) is 2. The van der Waals surface area contributed by atoms with Gasteiger partial charge in [-0.1, -0.05) is 0 Å². The second-order valence-corrected chi connectivity index (χ2v) is 6.47. The topological polar surface area (TPSA) is 74.2 Å². The van der Waals surface area contributed by atoms with E-state index in [0.29, 0.717) is 18.1 Å². The number of aliphatic hydroxyl groups is 1. The number of aliphatic hydroxyl groups excluding tert-OH is 1. The number of amides is 1. The third-order valence-electron chi connectivity index (χ3n) is 3.57. The molecule has 0 aliphatic carbocycles. The van der Waals surface area contributed by atoms with Gasteiger partial charge in [-0.2, -0.15) is 0 Å². The minimum absolute atomic E-state index is 0.198. The first-order chi connectivity index (χ1) is 10.5. The van der Waals surface area contributed by atoms with Crippen molar-refractivity contribution in [1.82, 2.24) is 10.3 Å². The molecule has 0 radical (unpaired) electrons. The Hall–Kier alpha value is -1.83. The van der Waals surface area contributed by atoms with Gasteiger partial charge < -0.3 is 15.7 Å². The van der Waals surface area contributed by atoms with Gasteiger partial charge in [-0.15, -0.1) is 11.3 Å². The summed E-state index contributed by atoms with van der Waals surface area (Å²) in [6, 6.07) is 5.70. The molecule has 1 aromatic carbocycles. The van der Waals surface area contributed by atoms with Crippen LogP contribution in [0.2, 0.25) is 0 Å². The quantitative estimate of drug-likeness (QED) is 0.807. The maximum absolute atomic E-state index is 13.0. The number of benzene rings is 1. The van der Waals surface area contributed by atoms with Crippen molar-refractivity contribution in [2.45, 2.75) is 25.5 Å². The van der Waals surface area contributed by atoms with Gasteiger partial charge in [-0.3, -0.25) is 4.79 Å². The van der Waals surface area contributed by atoms with Crippen molar-refractivity contribution in [3.05, 3.63) is 35.0 Å². The van der Waals surface area contributed by atoms with Crippen molar-refractivity contribution in [3.63, 3.8) is 0 Å². The zero-order valence-corrected chi connectivity index (χ0v) is 12.8. The van der Waals surface area contributed by atoms with E-state index < -0.39 is 12.1 Å². The Kier molecular flexibility index (Phi) is 4.19. The SMILES string of the molecule is Cc1sc(NC(=O)[C@@H]2C[C@H](O)CN2)nc1-c1ccc(F)cc1. The molecule has 1 aliphatic rings. The highest BCUT2D eigenvalue weighted by molar-refractivity contribution is 7.16. The molecule has 0 saturated carbocycles. The molecular weight excluding hydrogens is 305 g/mol. The van der Waals surface area contributed by atoms with Crippen molar-refractivity contribution >= 4 is 22.4 Å². The lowest BCUT2D eigenvalue weighted by Crippen LogP contribution is -2.35. The summed E-state index contributed by atoms with van der Waals surface area (Å²) in [6.45, 7) is 2.33. The van der Waals surface area contributed by atoms with Crippen molar-refractivity contribution in [2.75, 3.05) is 11.9 Å². The lowest BCUT2D eigenvalue weighted by molar-refractivity contribution is -0.117. The molecule has 2 aromatic rings. The Labute approximate surface area is 131 Å². The second kappa shape index (κ2) is 6.12. The minimum Gasteiger partial charge on any atom is -0.392 e. The van der Waals surface area contributed by atoms with Gasteiger partial charge in [-0.05, 0) is 37.6 Å². The Morgan fingerprint density at radius 3 is 2.82 bits per heavy atom. The van der Waals surface area contributed by atoms with Gasteiger partial charge in [0.05, 0.1) is 17.8 Å². The van der Waals surface area contributed by atoms with E-state index >= 15 is 0 Å². The molecule has 2 atom stereocenters. The summed E-state index contributed by atoms with van der Waals surface area (Å²) in [5.74, 6) is -0.494. The number of hydrogen-bond acceptors (Lipinski definition) is 5. The fourth-order valence-electron chi connectivity index (χ4n) is 2.43. The standard InChI is InChI=1S/C15H16FN3O2S/c1-8-13(9-2-4-10(16)5-3-9)18-15(22-8)19-14(21)12-6-11(20)7-17-12/h2-5,11-12,17,20H,6-7H2,1H3,(H,18,19,21)/t11-,12-/m0/s1. The fraction of sp³-hybridized carbons (Fsp3) is 0.333. The monoisotopic (exact) mass is 321 g/mol. The summed E-state index contributed by atoms with van der Waals surface area (Å²) in [5.41, 5.74) is 1.55. The van der Waals surface area contributed by atoms with Crippen LogP contribution in [-0.2, 0) is 4.79 Å². The number of aromatic nitrogens is 1. The van der Waals surface area contributed by atoms with Gasteiger partial charge >= 0.3 is 0 Å². The maximum Gasteiger partial charge on any atom is 0.243 e. The van der Waals surface area contributed by atoms with Crippen molar-refractivity contribution in [2.24, 2.45) is 0 Å². The van der Waals surface area contributed by atoms with Crippen LogP contribution in [0.15, 0.2) is 24.3 Å². The van der Waals surface area contributed by atoms with E-state index in [2.05, 4.69) is 15.6 Å². The molecule has 7 heteroatoms. The molecule has 3 rings (SSSR count). The summed E-state index contributed by atoms with van der Waals surface area (Å²) in [5, 5.41) is 15.7. The van der Waals surface area contributed by atoms with Gasteiger partial charge in [-0.25, -0.2) is 9.37 Å². The normalized spacial score (nSPS) is 21.0. The largest absolute Gasteiger partial charge is 0.392 e. The number of anilines is 1. The Balaban J connectivity index is 1.75. The molecule has 0 bridgehead atoms. The maximum atomic E-state index is 13.0. The van der Waals surface area contributed by atoms with E-state index in [0.717, 1.165) is 16.1 Å². The summed E-state index contributed by atoms with van der Waals surface area (Å²) in [7, 11) is 0. The number of thiazole rings is 1. The predicted molar refractivity (Wildman–Crippen MR) is 83.3 cm³/mol. The van der Waals surface area contributed by atoms with Crippen LogP contribution in [0.5, 0.6) is 0 Å². The highest BCUT2D eigenvalue weighted by Crippen LogP contribution is 2.30. The molecule has 116 valence electrons. The average molecular weight is 321 g/mol. The average Bonchev–Trinajstić information content (AvgIpc) is 3.06. The highest BCUT2D eigenvalue weighted by atomic mass is 32.1. The molecule has 1 saturated heterocycles. The molecule has 1 amide bonds. The van der Waals surface area contributed by atoms with Gasteiger partial charge in [0.1, 0.15) is 5.82 Å². The van der Waals surface area contributed by atoms with Gasteiger partial charge in [0, 0.05) is 17.0 Å². The number of hydrogen-bond donors (Lipinski definition) is 3. The van der Waals surface area contributed by atoms with E-state index in [1.54, 1.807) is 12.1 Å². The molecule has 0 unspecified atom stereocenters. The number of nitrogens with zero attached hydrogens (tertiary/aromatic N) is 1. The van der Waals surface area contributed by atoms with E-state index in [1.165, 1.54) is 23.5 Å². The Bertz CT molecular complexity index is 687. The van der Waals surface area contributed by atoms with E-state index in [-0.39, 0.29) is 11.7 Å². The molecule has 5 nitrogen and oxygen atoms in total. The first-order valence-electron chi connectivity index (χ1n) is 6.98. The van der Waals surface area contributed by atoms with E-state index in [1.807, 2.05) is 6.92 Å². The van der Waals surface area contributed by atoms with Crippen LogP contribution in [0.3, 0.4) is 0 Å². The van der Waals surface area contributed by atoms with Crippen LogP contribution in [0, 0.1) is 12.7 Å². The second-order valence-electron chi connectivity index (χ2n) is 5.27. The third kappa shape index (κ3) is 3.16. The summed E-state index contributed by atoms with van der Waals surface area (Å²) < 4.78 is 13.0. The van der Waals surface area contributed by atoms with Crippen LogP contribution < -0.4 is 10.6 Å². The zero-order valence-electron chi connectivity index (χ0n) is 12.0. The predicted octanol–water partition coefficient (Wildman–Crippen LogP) is 1.92. The van der Waals surface area contributed by atoms with Crippen molar-refractivity contribution in [3.8, 4) is 11.3 Å². The van der Waals surface area contributed by atoms with E-state index in [4.69, 9.17) is 0 Å². The van der Waals surface area contributed by atoms with Crippen molar-refractivity contribution < 1.29 is 14.3 Å². The van der Waals surface area contributed by atoms with Crippen LogP contribution in [0.4, 0.5) is 9.52 Å². The summed E-state index contributed by atoms with van der Waals surface area (Å²) >= 11 is 1.37. The van der Waals surface area contributed by atoms with Gasteiger partial charge in [0.2, 0.25) is 5.91 Å². The molecule has 0 spiro atoms. The number of rotatable bonds is 3. The molecule has 1 fully saturated rings. The Morgan fingerprint density at radius 2 is 2.18 bits per heavy atom. The molecule has 1 aliphatic heterocycles. The van der Waals surface area contributed by atoms with Crippen LogP contribution in [0.25, 0.3) is 11.3 Å². The first kappa shape index (κ1) is 15.1. The van der Waals surface area contributed by atoms with Gasteiger partial charge in [0.15, 0.2) is 5.13 Å². The number of halogens is 1.